The number of fused-ring (bicyclic) bond motifs is 2. The molecule has 33 heavy (non-hydrogen) atoms. The van der Waals surface area contributed by atoms with E-state index in [9.17, 15) is 18.0 Å². The van der Waals surface area contributed by atoms with E-state index in [2.05, 4.69) is 10.6 Å². The van der Waals surface area contributed by atoms with Crippen molar-refractivity contribution in [3.05, 3.63) is 41.5 Å². The zero-order chi connectivity index (χ0) is 23.8. The van der Waals surface area contributed by atoms with Crippen LogP contribution in [-0.2, 0) is 26.2 Å². The van der Waals surface area contributed by atoms with E-state index in [0.29, 0.717) is 29.2 Å². The molecule has 0 saturated heterocycles. The number of carbonyl (C=O) groups excluding carboxylic acids is 2. The molecule has 0 radical (unpaired) electrons. The lowest BCUT2D eigenvalue weighted by atomic mass is 10.1. The van der Waals surface area contributed by atoms with Gasteiger partial charge in [0, 0.05) is 19.7 Å². The number of likely N-dealkylation sites (N-methyl/N-ethyl adjacent to an activating group) is 1. The molecule has 176 valence electrons. The fraction of sp³-hybridized carbons (Fsp3) is 0.364. The third-order valence-electron chi connectivity index (χ3n) is 5.45. The van der Waals surface area contributed by atoms with Gasteiger partial charge in [-0.05, 0) is 42.7 Å². The van der Waals surface area contributed by atoms with Crippen LogP contribution in [0.2, 0.25) is 0 Å². The minimum atomic E-state index is -3.98. The molecular formula is C22H25N3O7S. The van der Waals surface area contributed by atoms with E-state index < -0.39 is 22.0 Å². The smallest absolute Gasteiger partial charge is 0.265 e. The minimum absolute atomic E-state index is 0.0123. The number of amides is 2. The minimum Gasteiger partial charge on any atom is -0.478 e. The third kappa shape index (κ3) is 4.60. The molecule has 4 rings (SSSR count). The van der Waals surface area contributed by atoms with Crippen LogP contribution in [0.25, 0.3) is 0 Å². The van der Waals surface area contributed by atoms with Gasteiger partial charge in [-0.25, -0.2) is 8.42 Å². The SMILES string of the molecule is CC[C@H]1Oc2cc(S(=O)(=O)N(C)CC(=O)NCc3ccc4c(c3)OCO4)c(C)cc2NC1=O. The van der Waals surface area contributed by atoms with Gasteiger partial charge in [0.15, 0.2) is 17.6 Å². The number of aryl methyl sites for hydroxylation is 1. The first kappa shape index (κ1) is 22.9. The summed E-state index contributed by atoms with van der Waals surface area (Å²) in [5, 5.41) is 5.45. The number of sulfonamides is 1. The summed E-state index contributed by atoms with van der Waals surface area (Å²) < 4.78 is 43.6. The highest BCUT2D eigenvalue weighted by Crippen LogP contribution is 2.36. The van der Waals surface area contributed by atoms with E-state index in [1.54, 1.807) is 38.1 Å². The average Bonchev–Trinajstić information content (AvgIpc) is 3.24. The van der Waals surface area contributed by atoms with Gasteiger partial charge in [-0.15, -0.1) is 0 Å². The molecule has 0 unspecified atom stereocenters. The van der Waals surface area contributed by atoms with Crippen LogP contribution in [0.4, 0.5) is 5.69 Å². The third-order valence-corrected chi connectivity index (χ3v) is 7.39. The van der Waals surface area contributed by atoms with Gasteiger partial charge in [-0.1, -0.05) is 13.0 Å². The van der Waals surface area contributed by atoms with Crippen LogP contribution >= 0.6 is 0 Å². The number of carbonyl (C=O) groups is 2. The fourth-order valence-electron chi connectivity index (χ4n) is 3.59. The van der Waals surface area contributed by atoms with Crippen molar-refractivity contribution >= 4 is 27.5 Å². The van der Waals surface area contributed by atoms with Crippen molar-refractivity contribution < 1.29 is 32.2 Å². The first-order chi connectivity index (χ1) is 15.7. The van der Waals surface area contributed by atoms with Crippen molar-refractivity contribution in [3.63, 3.8) is 0 Å². The quantitative estimate of drug-likeness (QED) is 0.626. The molecular weight excluding hydrogens is 450 g/mol. The summed E-state index contributed by atoms with van der Waals surface area (Å²) >= 11 is 0. The Morgan fingerprint density at radius 2 is 1.94 bits per heavy atom. The molecule has 0 bridgehead atoms. The highest BCUT2D eigenvalue weighted by atomic mass is 32.2. The molecule has 1 atom stereocenters. The summed E-state index contributed by atoms with van der Waals surface area (Å²) in [7, 11) is -2.64. The van der Waals surface area contributed by atoms with Crippen LogP contribution in [0.15, 0.2) is 35.2 Å². The Morgan fingerprint density at radius 3 is 2.70 bits per heavy atom. The van der Waals surface area contributed by atoms with Crippen LogP contribution < -0.4 is 24.8 Å². The average molecular weight is 476 g/mol. The Balaban J connectivity index is 1.44. The Labute approximate surface area is 191 Å². The number of rotatable bonds is 7. The number of nitrogens with one attached hydrogen (secondary N) is 2. The Hall–Kier alpha value is -3.31. The number of nitrogens with zero attached hydrogens (tertiary/aromatic N) is 1. The predicted octanol–water partition coefficient (Wildman–Crippen LogP) is 1.77. The van der Waals surface area contributed by atoms with Crippen LogP contribution in [0, 0.1) is 6.92 Å². The van der Waals surface area contributed by atoms with Crippen molar-refractivity contribution in [3.8, 4) is 17.2 Å². The van der Waals surface area contributed by atoms with Gasteiger partial charge >= 0.3 is 0 Å². The van der Waals surface area contributed by atoms with Gasteiger partial charge in [-0.3, -0.25) is 9.59 Å². The summed E-state index contributed by atoms with van der Waals surface area (Å²) in [4.78, 5) is 24.5. The van der Waals surface area contributed by atoms with Crippen LogP contribution in [0.3, 0.4) is 0 Å². The lowest BCUT2D eigenvalue weighted by Gasteiger charge is -2.27. The molecule has 2 aromatic rings. The molecule has 2 aromatic carbocycles. The van der Waals surface area contributed by atoms with Gasteiger partial charge in [0.1, 0.15) is 5.75 Å². The molecule has 0 spiro atoms. The second-order valence-electron chi connectivity index (χ2n) is 7.84. The molecule has 2 aliphatic rings. The van der Waals surface area contributed by atoms with E-state index >= 15 is 0 Å². The highest BCUT2D eigenvalue weighted by Gasteiger charge is 2.31. The number of anilines is 1. The number of hydrogen-bond acceptors (Lipinski definition) is 7. The van der Waals surface area contributed by atoms with Crippen LogP contribution in [-0.4, -0.2) is 51.0 Å². The standard InChI is InChI=1S/C22H25N3O7S/c1-4-16-22(27)24-15-7-13(2)20(9-18(15)32-16)33(28,29)25(3)11-21(26)23-10-14-5-6-17-19(8-14)31-12-30-17/h5-9,16H,4,10-12H2,1-3H3,(H,23,26)(H,24,27)/t16-/m1/s1. The van der Waals surface area contributed by atoms with E-state index in [4.69, 9.17) is 14.2 Å². The van der Waals surface area contributed by atoms with Gasteiger partial charge < -0.3 is 24.8 Å². The second-order valence-corrected chi connectivity index (χ2v) is 9.86. The number of benzene rings is 2. The maximum Gasteiger partial charge on any atom is 0.265 e. The lowest BCUT2D eigenvalue weighted by molar-refractivity contribution is -0.123. The van der Waals surface area contributed by atoms with Crippen molar-refractivity contribution in [2.75, 3.05) is 25.7 Å². The van der Waals surface area contributed by atoms with E-state index in [1.807, 2.05) is 0 Å². The zero-order valence-electron chi connectivity index (χ0n) is 18.5. The summed E-state index contributed by atoms with van der Waals surface area (Å²) in [5.74, 6) is 0.810. The van der Waals surface area contributed by atoms with E-state index in [1.165, 1.54) is 13.1 Å². The summed E-state index contributed by atoms with van der Waals surface area (Å²) in [6.45, 7) is 3.44. The fourth-order valence-corrected chi connectivity index (χ4v) is 4.94. The molecule has 0 fully saturated rings. The molecule has 2 aliphatic heterocycles. The first-order valence-electron chi connectivity index (χ1n) is 10.4. The normalized spacial score (nSPS) is 16.7. The molecule has 2 heterocycles. The lowest BCUT2D eigenvalue weighted by Crippen LogP contribution is -2.39. The second kappa shape index (κ2) is 8.91. The maximum atomic E-state index is 13.2. The van der Waals surface area contributed by atoms with Crippen molar-refractivity contribution in [2.45, 2.75) is 37.8 Å². The van der Waals surface area contributed by atoms with Gasteiger partial charge in [0.25, 0.3) is 5.91 Å². The molecule has 2 amide bonds. The van der Waals surface area contributed by atoms with E-state index in [0.717, 1.165) is 9.87 Å². The summed E-state index contributed by atoms with van der Waals surface area (Å²) in [6.07, 6.45) is -0.236. The van der Waals surface area contributed by atoms with Gasteiger partial charge in [-0.2, -0.15) is 4.31 Å². The largest absolute Gasteiger partial charge is 0.478 e. The van der Waals surface area contributed by atoms with E-state index in [-0.39, 0.29) is 36.4 Å². The first-order valence-corrected chi connectivity index (χ1v) is 11.9. The number of hydrogen-bond donors (Lipinski definition) is 2. The Kier molecular flexibility index (Phi) is 6.17. The monoisotopic (exact) mass is 475 g/mol. The molecule has 11 heteroatoms. The maximum absolute atomic E-state index is 13.2. The summed E-state index contributed by atoms with van der Waals surface area (Å²) in [5.41, 5.74) is 1.65. The number of ether oxygens (including phenoxy) is 3. The van der Waals surface area contributed by atoms with Gasteiger partial charge in [0.05, 0.1) is 17.1 Å². The van der Waals surface area contributed by atoms with Crippen LogP contribution in [0.5, 0.6) is 17.2 Å². The molecule has 0 saturated carbocycles. The van der Waals surface area contributed by atoms with Crippen LogP contribution in [0.1, 0.15) is 24.5 Å². The summed E-state index contributed by atoms with van der Waals surface area (Å²) in [6, 6.07) is 8.27. The van der Waals surface area contributed by atoms with Crippen molar-refractivity contribution in [2.24, 2.45) is 0 Å². The Morgan fingerprint density at radius 1 is 1.18 bits per heavy atom. The molecule has 0 aliphatic carbocycles. The molecule has 2 N–H and O–H groups in total. The molecule has 10 nitrogen and oxygen atoms in total. The molecule has 0 aromatic heterocycles. The van der Waals surface area contributed by atoms with Crippen molar-refractivity contribution in [1.29, 1.82) is 0 Å². The Bertz CT molecular complexity index is 1210. The zero-order valence-corrected chi connectivity index (χ0v) is 19.3. The predicted molar refractivity (Wildman–Crippen MR) is 119 cm³/mol. The van der Waals surface area contributed by atoms with Gasteiger partial charge in [0.2, 0.25) is 22.7 Å². The van der Waals surface area contributed by atoms with Crippen molar-refractivity contribution in [1.82, 2.24) is 9.62 Å². The topological polar surface area (TPSA) is 123 Å². The highest BCUT2D eigenvalue weighted by molar-refractivity contribution is 7.89.